The van der Waals surface area contributed by atoms with E-state index in [-0.39, 0.29) is 12.1 Å². The summed E-state index contributed by atoms with van der Waals surface area (Å²) in [6, 6.07) is 0.255. The highest BCUT2D eigenvalue weighted by atomic mass is 16.6. The number of piperidine rings is 1. The summed E-state index contributed by atoms with van der Waals surface area (Å²) in [6.07, 6.45) is 8.78. The number of fused-ring (bicyclic) bond motifs is 1. The highest BCUT2D eigenvalue weighted by molar-refractivity contribution is 5.70. The van der Waals surface area contributed by atoms with Gasteiger partial charge in [0.1, 0.15) is 17.1 Å². The number of likely N-dealkylation sites (tertiary alicyclic amines) is 1. The molecule has 2 heterocycles. The summed E-state index contributed by atoms with van der Waals surface area (Å²) in [7, 11) is 0. The normalized spacial score (nSPS) is 27.9. The lowest BCUT2D eigenvalue weighted by molar-refractivity contribution is 0.0175. The van der Waals surface area contributed by atoms with E-state index in [2.05, 4.69) is 15.9 Å². The van der Waals surface area contributed by atoms with Crippen molar-refractivity contribution in [3.8, 4) is 12.3 Å². The number of aromatic nitrogens is 2. The number of nitrogens with zero attached hydrogens (tertiary/aromatic N) is 2. The van der Waals surface area contributed by atoms with Crippen molar-refractivity contribution in [1.29, 1.82) is 0 Å². The molecule has 1 saturated carbocycles. The van der Waals surface area contributed by atoms with Gasteiger partial charge in [0.2, 0.25) is 0 Å². The fourth-order valence-electron chi connectivity index (χ4n) is 2.86. The first-order chi connectivity index (χ1) is 9.39. The Hall–Kier alpha value is -1.96. The third kappa shape index (κ3) is 2.26. The number of carbonyl (C=O) groups excluding carboxylic acids is 1. The van der Waals surface area contributed by atoms with Crippen LogP contribution >= 0.6 is 0 Å². The second-order valence-corrected chi connectivity index (χ2v) is 6.52. The largest absolute Gasteiger partial charge is 0.444 e. The first-order valence-electron chi connectivity index (χ1n) is 6.92. The van der Waals surface area contributed by atoms with Crippen LogP contribution in [0.25, 0.3) is 0 Å². The van der Waals surface area contributed by atoms with Crippen LogP contribution in [0.15, 0.2) is 6.20 Å². The van der Waals surface area contributed by atoms with Crippen molar-refractivity contribution in [3.05, 3.63) is 17.7 Å². The Balaban J connectivity index is 1.81. The Labute approximate surface area is 118 Å². The van der Waals surface area contributed by atoms with Crippen molar-refractivity contribution in [1.82, 2.24) is 14.9 Å². The van der Waals surface area contributed by atoms with Crippen molar-refractivity contribution in [2.45, 2.75) is 51.3 Å². The minimum atomic E-state index is -0.484. The lowest BCUT2D eigenvalue weighted by atomic mass is 10.1. The summed E-state index contributed by atoms with van der Waals surface area (Å²) in [4.78, 5) is 21.6. The highest BCUT2D eigenvalue weighted by Crippen LogP contribution is 2.53. The van der Waals surface area contributed by atoms with E-state index in [1.807, 2.05) is 25.7 Å². The van der Waals surface area contributed by atoms with Crippen molar-refractivity contribution < 1.29 is 9.53 Å². The SMILES string of the molecule is C#Cc1c[nH]c([C@@H]2C[C@H]3CC3N2C(=O)OC(C)(C)C)n1. The number of hydrogen-bond acceptors (Lipinski definition) is 3. The first-order valence-corrected chi connectivity index (χ1v) is 6.92. The molecular formula is C15H19N3O2. The molecule has 5 nitrogen and oxygen atoms in total. The second-order valence-electron chi connectivity index (χ2n) is 6.52. The van der Waals surface area contributed by atoms with Gasteiger partial charge in [-0.2, -0.15) is 0 Å². The summed E-state index contributed by atoms with van der Waals surface area (Å²) >= 11 is 0. The van der Waals surface area contributed by atoms with Crippen LogP contribution in [0.1, 0.15) is 51.2 Å². The molecular weight excluding hydrogens is 254 g/mol. The zero-order valence-electron chi connectivity index (χ0n) is 12.0. The van der Waals surface area contributed by atoms with Crippen LogP contribution in [0.2, 0.25) is 0 Å². The highest BCUT2D eigenvalue weighted by Gasteiger charge is 2.56. The minimum absolute atomic E-state index is 0.0456. The van der Waals surface area contributed by atoms with E-state index in [9.17, 15) is 4.79 Å². The van der Waals surface area contributed by atoms with Crippen LogP contribution in [0.5, 0.6) is 0 Å². The molecule has 5 heteroatoms. The predicted molar refractivity (Wildman–Crippen MR) is 73.8 cm³/mol. The smallest absolute Gasteiger partial charge is 0.411 e. The number of amides is 1. The van der Waals surface area contributed by atoms with Crippen molar-refractivity contribution in [3.63, 3.8) is 0 Å². The summed E-state index contributed by atoms with van der Waals surface area (Å²) in [5.74, 6) is 3.83. The van der Waals surface area contributed by atoms with E-state index in [0.29, 0.717) is 17.7 Å². The van der Waals surface area contributed by atoms with Gasteiger partial charge in [0.05, 0.1) is 6.04 Å². The minimum Gasteiger partial charge on any atom is -0.444 e. The van der Waals surface area contributed by atoms with Crippen molar-refractivity contribution in [2.75, 3.05) is 0 Å². The molecule has 1 aromatic rings. The van der Waals surface area contributed by atoms with Crippen LogP contribution in [-0.4, -0.2) is 32.6 Å². The molecule has 0 spiro atoms. The van der Waals surface area contributed by atoms with Crippen molar-refractivity contribution in [2.24, 2.45) is 5.92 Å². The van der Waals surface area contributed by atoms with Gasteiger partial charge < -0.3 is 9.72 Å². The molecule has 2 aliphatic rings. The van der Waals surface area contributed by atoms with E-state index in [1.54, 1.807) is 6.20 Å². The molecule has 1 aliphatic carbocycles. The monoisotopic (exact) mass is 273 g/mol. The quantitative estimate of drug-likeness (QED) is 0.800. The van der Waals surface area contributed by atoms with Crippen molar-refractivity contribution >= 4 is 6.09 Å². The first kappa shape index (κ1) is 13.0. The Morgan fingerprint density at radius 1 is 1.55 bits per heavy atom. The molecule has 3 atom stereocenters. The molecule has 1 aromatic heterocycles. The van der Waals surface area contributed by atoms with E-state index < -0.39 is 5.60 Å². The zero-order chi connectivity index (χ0) is 14.5. The van der Waals surface area contributed by atoms with Gasteiger partial charge in [-0.05, 0) is 45.5 Å². The number of aromatic amines is 1. The average molecular weight is 273 g/mol. The van der Waals surface area contributed by atoms with Crippen LogP contribution in [0, 0.1) is 18.3 Å². The van der Waals surface area contributed by atoms with Crippen LogP contribution in [0.4, 0.5) is 4.79 Å². The average Bonchev–Trinajstić information content (AvgIpc) is 2.83. The van der Waals surface area contributed by atoms with Crippen LogP contribution in [0.3, 0.4) is 0 Å². The summed E-state index contributed by atoms with van der Waals surface area (Å²) in [5, 5.41) is 0. The number of rotatable bonds is 1. The molecule has 3 rings (SSSR count). The molecule has 0 radical (unpaired) electrons. The lowest BCUT2D eigenvalue weighted by Gasteiger charge is -2.29. The molecule has 0 bridgehead atoms. The lowest BCUT2D eigenvalue weighted by Crippen LogP contribution is -2.38. The molecule has 1 amide bonds. The Bertz CT molecular complexity index is 579. The standard InChI is InChI=1S/C15H19N3O2/c1-5-10-8-16-13(17-10)12-7-9-6-11(9)18(12)14(19)20-15(2,3)4/h1,8-9,11-12H,6-7H2,2-4H3,(H,16,17)/t9-,11?,12+/m1/s1. The summed E-state index contributed by atoms with van der Waals surface area (Å²) in [5.41, 5.74) is 0.0894. The van der Waals surface area contributed by atoms with Gasteiger partial charge in [0.25, 0.3) is 0 Å². The fourth-order valence-corrected chi connectivity index (χ4v) is 2.86. The number of nitrogens with one attached hydrogen (secondary N) is 1. The Morgan fingerprint density at radius 3 is 2.90 bits per heavy atom. The number of imidazole rings is 1. The summed E-state index contributed by atoms with van der Waals surface area (Å²) in [6.45, 7) is 5.64. The molecule has 1 unspecified atom stereocenters. The summed E-state index contributed by atoms with van der Waals surface area (Å²) < 4.78 is 5.51. The molecule has 1 aliphatic heterocycles. The zero-order valence-corrected chi connectivity index (χ0v) is 12.0. The van der Waals surface area contributed by atoms with Crippen LogP contribution in [-0.2, 0) is 4.74 Å². The molecule has 0 aromatic carbocycles. The molecule has 106 valence electrons. The van der Waals surface area contributed by atoms with Crippen LogP contribution < -0.4 is 0 Å². The fraction of sp³-hybridized carbons (Fsp3) is 0.600. The predicted octanol–water partition coefficient (Wildman–Crippen LogP) is 2.46. The van der Waals surface area contributed by atoms with Gasteiger partial charge in [0.15, 0.2) is 0 Å². The number of hydrogen-bond donors (Lipinski definition) is 1. The Kier molecular flexibility index (Phi) is 2.79. The maximum atomic E-state index is 12.4. The maximum absolute atomic E-state index is 12.4. The number of H-pyrrole nitrogens is 1. The van der Waals surface area contributed by atoms with E-state index in [4.69, 9.17) is 11.2 Å². The van der Waals surface area contributed by atoms with Gasteiger partial charge in [-0.25, -0.2) is 9.78 Å². The number of terminal acetylenes is 1. The number of ether oxygens (including phenoxy) is 1. The third-order valence-electron chi connectivity index (χ3n) is 3.77. The van der Waals surface area contributed by atoms with Gasteiger partial charge in [-0.15, -0.1) is 6.42 Å². The molecule has 20 heavy (non-hydrogen) atoms. The number of carbonyl (C=O) groups is 1. The van der Waals surface area contributed by atoms with Gasteiger partial charge in [-0.1, -0.05) is 0 Å². The van der Waals surface area contributed by atoms with E-state index in [0.717, 1.165) is 18.7 Å². The van der Waals surface area contributed by atoms with Gasteiger partial charge >= 0.3 is 6.09 Å². The van der Waals surface area contributed by atoms with Gasteiger partial charge in [-0.3, -0.25) is 4.90 Å². The van der Waals surface area contributed by atoms with E-state index in [1.165, 1.54) is 0 Å². The maximum Gasteiger partial charge on any atom is 0.411 e. The molecule has 1 N–H and O–H groups in total. The topological polar surface area (TPSA) is 58.2 Å². The molecule has 2 fully saturated rings. The van der Waals surface area contributed by atoms with Gasteiger partial charge in [0, 0.05) is 12.2 Å². The van der Waals surface area contributed by atoms with E-state index >= 15 is 0 Å². The second kappa shape index (κ2) is 4.27. The third-order valence-corrected chi connectivity index (χ3v) is 3.77. The molecule has 1 saturated heterocycles. The Morgan fingerprint density at radius 2 is 2.30 bits per heavy atom.